The monoisotopic (exact) mass is 345 g/mol. The maximum Gasteiger partial charge on any atom is 0.256 e. The van der Waals surface area contributed by atoms with Gasteiger partial charge in [-0.15, -0.1) is 11.3 Å². The van der Waals surface area contributed by atoms with E-state index in [1.165, 1.54) is 0 Å². The van der Waals surface area contributed by atoms with Gasteiger partial charge in [0.2, 0.25) is 0 Å². The molecule has 1 amide bonds. The van der Waals surface area contributed by atoms with Crippen LogP contribution in [0.4, 0.5) is 5.69 Å². The molecule has 1 aliphatic heterocycles. The molecule has 0 N–H and O–H groups in total. The zero-order valence-electron chi connectivity index (χ0n) is 14.2. The number of hydrogen-bond acceptors (Lipinski definition) is 5. The van der Waals surface area contributed by atoms with Crippen molar-refractivity contribution in [2.24, 2.45) is 0 Å². The van der Waals surface area contributed by atoms with Gasteiger partial charge in [-0.2, -0.15) is 0 Å². The van der Waals surface area contributed by atoms with E-state index in [0.29, 0.717) is 19.8 Å². The second-order valence-corrected chi connectivity index (χ2v) is 6.81. The number of aryl methyl sites for hydroxylation is 1. The number of nitrogens with zero attached hydrogens (tertiary/aromatic N) is 3. The number of carbonyl (C=O) groups excluding carboxylic acids is 1. The lowest BCUT2D eigenvalue weighted by molar-refractivity contribution is 0.0783. The summed E-state index contributed by atoms with van der Waals surface area (Å²) in [5.74, 6) is 0.0307. The number of anilines is 1. The quantitative estimate of drug-likeness (QED) is 0.836. The topological polar surface area (TPSA) is 45.7 Å². The summed E-state index contributed by atoms with van der Waals surface area (Å²) in [5, 5.41) is 3.15. The van der Waals surface area contributed by atoms with Crippen molar-refractivity contribution in [1.29, 1.82) is 0 Å². The first-order chi connectivity index (χ1) is 11.7. The summed E-state index contributed by atoms with van der Waals surface area (Å²) in [6.07, 6.45) is 0.933. The SMILES string of the molecule is CCc1nc(CN(C)C(=O)c2ccccc2N2CCOCC2)cs1. The smallest absolute Gasteiger partial charge is 0.256 e. The lowest BCUT2D eigenvalue weighted by Crippen LogP contribution is -2.38. The fraction of sp³-hybridized carbons (Fsp3) is 0.444. The number of ether oxygens (including phenoxy) is 1. The van der Waals surface area contributed by atoms with Crippen LogP contribution < -0.4 is 4.90 Å². The Kier molecular flexibility index (Phi) is 5.48. The Morgan fingerprint density at radius 3 is 2.79 bits per heavy atom. The van der Waals surface area contributed by atoms with Gasteiger partial charge in [-0.3, -0.25) is 4.79 Å². The minimum atomic E-state index is 0.0307. The van der Waals surface area contributed by atoms with E-state index in [1.807, 2.05) is 36.7 Å². The van der Waals surface area contributed by atoms with Crippen molar-refractivity contribution in [3.05, 3.63) is 45.9 Å². The zero-order valence-corrected chi connectivity index (χ0v) is 15.0. The fourth-order valence-electron chi connectivity index (χ4n) is 2.84. The molecule has 6 heteroatoms. The molecule has 24 heavy (non-hydrogen) atoms. The highest BCUT2D eigenvalue weighted by atomic mass is 32.1. The van der Waals surface area contributed by atoms with Gasteiger partial charge in [-0.05, 0) is 18.6 Å². The third-order valence-electron chi connectivity index (χ3n) is 4.13. The van der Waals surface area contributed by atoms with Gasteiger partial charge in [-0.25, -0.2) is 4.98 Å². The van der Waals surface area contributed by atoms with Crippen molar-refractivity contribution in [1.82, 2.24) is 9.88 Å². The number of hydrogen-bond donors (Lipinski definition) is 0. The van der Waals surface area contributed by atoms with E-state index < -0.39 is 0 Å². The molecule has 0 spiro atoms. The molecule has 3 rings (SSSR count). The van der Waals surface area contributed by atoms with Crippen LogP contribution in [-0.2, 0) is 17.7 Å². The molecule has 5 nitrogen and oxygen atoms in total. The molecular formula is C18H23N3O2S. The Hall–Kier alpha value is -1.92. The van der Waals surface area contributed by atoms with E-state index in [-0.39, 0.29) is 5.91 Å². The minimum absolute atomic E-state index is 0.0307. The summed E-state index contributed by atoms with van der Waals surface area (Å²) < 4.78 is 5.42. The lowest BCUT2D eigenvalue weighted by atomic mass is 10.1. The number of morpholine rings is 1. The summed E-state index contributed by atoms with van der Waals surface area (Å²) in [6, 6.07) is 7.82. The summed E-state index contributed by atoms with van der Waals surface area (Å²) in [7, 11) is 1.84. The molecule has 2 aromatic rings. The Labute approximate surface area is 146 Å². The number of benzene rings is 1. The second-order valence-electron chi connectivity index (χ2n) is 5.86. The molecular weight excluding hydrogens is 322 g/mol. The Morgan fingerprint density at radius 1 is 1.33 bits per heavy atom. The average Bonchev–Trinajstić information content (AvgIpc) is 3.09. The van der Waals surface area contributed by atoms with Crippen LogP contribution in [0.1, 0.15) is 28.0 Å². The lowest BCUT2D eigenvalue weighted by Gasteiger charge is -2.31. The van der Waals surface area contributed by atoms with Crippen LogP contribution in [0.5, 0.6) is 0 Å². The first-order valence-electron chi connectivity index (χ1n) is 8.29. The van der Waals surface area contributed by atoms with E-state index >= 15 is 0 Å². The van der Waals surface area contributed by atoms with E-state index in [1.54, 1.807) is 16.2 Å². The first kappa shape index (κ1) is 16.9. The van der Waals surface area contributed by atoms with Crippen LogP contribution in [0.2, 0.25) is 0 Å². The summed E-state index contributed by atoms with van der Waals surface area (Å²) in [6.45, 7) is 5.68. The standard InChI is InChI=1S/C18H23N3O2S/c1-3-17-19-14(13-24-17)12-20(2)18(22)15-6-4-5-7-16(15)21-8-10-23-11-9-21/h4-7,13H,3,8-12H2,1-2H3. The number of para-hydroxylation sites is 1. The van der Waals surface area contributed by atoms with Crippen LogP contribution in [0, 0.1) is 0 Å². The molecule has 1 aliphatic rings. The summed E-state index contributed by atoms with van der Waals surface area (Å²) >= 11 is 1.65. The van der Waals surface area contributed by atoms with Crippen LogP contribution in [0.3, 0.4) is 0 Å². The number of amides is 1. The molecule has 1 fully saturated rings. The van der Waals surface area contributed by atoms with Crippen molar-refractivity contribution in [3.63, 3.8) is 0 Å². The van der Waals surface area contributed by atoms with E-state index in [9.17, 15) is 4.79 Å². The molecule has 0 aliphatic carbocycles. The molecule has 0 unspecified atom stereocenters. The zero-order chi connectivity index (χ0) is 16.9. The van der Waals surface area contributed by atoms with Crippen molar-refractivity contribution in [2.45, 2.75) is 19.9 Å². The molecule has 128 valence electrons. The highest BCUT2D eigenvalue weighted by Gasteiger charge is 2.21. The molecule has 0 saturated carbocycles. The Morgan fingerprint density at radius 2 is 2.08 bits per heavy atom. The molecule has 1 aromatic carbocycles. The molecule has 2 heterocycles. The largest absolute Gasteiger partial charge is 0.378 e. The molecule has 0 atom stereocenters. The Balaban J connectivity index is 1.76. The van der Waals surface area contributed by atoms with Gasteiger partial charge in [0, 0.05) is 31.2 Å². The van der Waals surface area contributed by atoms with Crippen LogP contribution >= 0.6 is 11.3 Å². The summed E-state index contributed by atoms with van der Waals surface area (Å²) in [4.78, 5) is 21.5. The molecule has 1 aromatic heterocycles. The van der Waals surface area contributed by atoms with Crippen molar-refractivity contribution < 1.29 is 9.53 Å². The van der Waals surface area contributed by atoms with Gasteiger partial charge >= 0.3 is 0 Å². The van der Waals surface area contributed by atoms with E-state index in [2.05, 4.69) is 16.8 Å². The molecule has 0 radical (unpaired) electrons. The maximum absolute atomic E-state index is 12.9. The maximum atomic E-state index is 12.9. The fourth-order valence-corrected chi connectivity index (χ4v) is 3.57. The number of thiazole rings is 1. The second kappa shape index (κ2) is 7.77. The van der Waals surface area contributed by atoms with Gasteiger partial charge < -0.3 is 14.5 Å². The van der Waals surface area contributed by atoms with Crippen LogP contribution in [0.15, 0.2) is 29.6 Å². The molecule has 0 bridgehead atoms. The highest BCUT2D eigenvalue weighted by Crippen LogP contribution is 2.23. The number of aromatic nitrogens is 1. The van der Waals surface area contributed by atoms with Gasteiger partial charge in [-0.1, -0.05) is 19.1 Å². The first-order valence-corrected chi connectivity index (χ1v) is 9.17. The minimum Gasteiger partial charge on any atom is -0.378 e. The highest BCUT2D eigenvalue weighted by molar-refractivity contribution is 7.09. The molecule has 1 saturated heterocycles. The van der Waals surface area contributed by atoms with Crippen LogP contribution in [0.25, 0.3) is 0 Å². The summed E-state index contributed by atoms with van der Waals surface area (Å²) in [5.41, 5.74) is 2.69. The third kappa shape index (κ3) is 3.76. The number of carbonyl (C=O) groups is 1. The van der Waals surface area contributed by atoms with Gasteiger partial charge in [0.15, 0.2) is 0 Å². The number of rotatable bonds is 5. The van der Waals surface area contributed by atoms with Crippen molar-refractivity contribution >= 4 is 22.9 Å². The predicted octanol–water partition coefficient (Wildman–Crippen LogP) is 2.81. The van der Waals surface area contributed by atoms with Gasteiger partial charge in [0.1, 0.15) is 0 Å². The van der Waals surface area contributed by atoms with E-state index in [4.69, 9.17) is 4.74 Å². The third-order valence-corrected chi connectivity index (χ3v) is 5.18. The van der Waals surface area contributed by atoms with Crippen LogP contribution in [-0.4, -0.2) is 49.1 Å². The van der Waals surface area contributed by atoms with Gasteiger partial charge in [0.05, 0.1) is 36.0 Å². The normalized spacial score (nSPS) is 14.7. The van der Waals surface area contributed by atoms with Crippen molar-refractivity contribution in [2.75, 3.05) is 38.3 Å². The predicted molar refractivity (Wildman–Crippen MR) is 96.8 cm³/mol. The van der Waals surface area contributed by atoms with E-state index in [0.717, 1.165) is 41.5 Å². The Bertz CT molecular complexity index is 695. The average molecular weight is 345 g/mol. The van der Waals surface area contributed by atoms with Crippen molar-refractivity contribution in [3.8, 4) is 0 Å². The van der Waals surface area contributed by atoms with Gasteiger partial charge in [0.25, 0.3) is 5.91 Å².